The second-order valence-electron chi connectivity index (χ2n) is 7.25. The number of nitrogens with two attached hydrogens (primary N) is 1. The average Bonchev–Trinajstić information content (AvgIpc) is 2.89. The maximum absolute atomic E-state index is 13.5. The summed E-state index contributed by atoms with van der Waals surface area (Å²) >= 11 is 0. The monoisotopic (exact) mass is 356 g/mol. The van der Waals surface area contributed by atoms with Crippen LogP contribution in [0.1, 0.15) is 46.7 Å². The van der Waals surface area contributed by atoms with E-state index in [0.717, 1.165) is 11.3 Å². The molecule has 2 amide bonds. The number of benzene rings is 1. The van der Waals surface area contributed by atoms with Gasteiger partial charge in [0, 0.05) is 29.3 Å². The van der Waals surface area contributed by atoms with Crippen molar-refractivity contribution in [3.05, 3.63) is 58.3 Å². The Morgan fingerprint density at radius 3 is 2.62 bits per heavy atom. The van der Waals surface area contributed by atoms with Gasteiger partial charge in [-0.15, -0.1) is 0 Å². The minimum absolute atomic E-state index is 0.193. The summed E-state index contributed by atoms with van der Waals surface area (Å²) in [6.07, 6.45) is 1.45. The molecule has 0 atom stereocenters. The van der Waals surface area contributed by atoms with Gasteiger partial charge in [0.05, 0.1) is 17.0 Å². The third-order valence-electron chi connectivity index (χ3n) is 4.68. The van der Waals surface area contributed by atoms with E-state index in [1.54, 1.807) is 6.92 Å². The number of H-pyrrole nitrogens is 1. The number of carbonyl (C=O) groups excluding carboxylic acids is 2. The first-order valence-corrected chi connectivity index (χ1v) is 8.26. The predicted molar refractivity (Wildman–Crippen MR) is 95.7 cm³/mol. The van der Waals surface area contributed by atoms with E-state index in [4.69, 9.17) is 5.73 Å². The van der Waals surface area contributed by atoms with Crippen LogP contribution in [0.5, 0.6) is 0 Å². The number of primary amides is 1. The highest BCUT2D eigenvalue weighted by Crippen LogP contribution is 2.36. The van der Waals surface area contributed by atoms with Gasteiger partial charge in [-0.1, -0.05) is 13.8 Å². The summed E-state index contributed by atoms with van der Waals surface area (Å²) < 4.78 is 13.5. The average molecular weight is 356 g/mol. The van der Waals surface area contributed by atoms with Crippen LogP contribution in [0.15, 0.2) is 24.4 Å². The van der Waals surface area contributed by atoms with Gasteiger partial charge in [0.25, 0.3) is 11.8 Å². The van der Waals surface area contributed by atoms with Crippen molar-refractivity contribution in [3.8, 4) is 0 Å². The molecule has 3 rings (SSSR count). The van der Waals surface area contributed by atoms with Crippen molar-refractivity contribution in [1.29, 1.82) is 0 Å². The van der Waals surface area contributed by atoms with Crippen LogP contribution in [0.4, 0.5) is 4.39 Å². The zero-order valence-electron chi connectivity index (χ0n) is 15.2. The lowest BCUT2D eigenvalue weighted by molar-refractivity contribution is -0.112. The van der Waals surface area contributed by atoms with Crippen LogP contribution < -0.4 is 5.73 Å². The Morgan fingerprint density at radius 1 is 1.31 bits per heavy atom. The number of amides is 2. The zero-order chi connectivity index (χ0) is 19.2. The van der Waals surface area contributed by atoms with Crippen LogP contribution >= 0.6 is 0 Å². The number of nitrogens with zero attached hydrogens (tertiary/aromatic N) is 2. The highest BCUT2D eigenvalue weighted by atomic mass is 19.1. The Kier molecular flexibility index (Phi) is 4.18. The number of hydrogen-bond donors (Lipinski definition) is 2. The molecule has 1 aliphatic heterocycles. The normalized spacial score (nSPS) is 15.9. The minimum atomic E-state index is -0.652. The molecule has 1 aliphatic rings. The Morgan fingerprint density at radius 2 is 2.00 bits per heavy atom. The van der Waals surface area contributed by atoms with Crippen LogP contribution in [-0.4, -0.2) is 33.5 Å². The summed E-state index contributed by atoms with van der Waals surface area (Å²) in [5.74, 6) is -1.35. The van der Waals surface area contributed by atoms with Crippen molar-refractivity contribution < 1.29 is 14.0 Å². The molecule has 1 aromatic heterocycles. The van der Waals surface area contributed by atoms with E-state index in [1.807, 2.05) is 20.8 Å². The summed E-state index contributed by atoms with van der Waals surface area (Å²) in [4.78, 5) is 26.5. The molecule has 136 valence electrons. The molecule has 7 heteroatoms. The Hall–Kier alpha value is -2.96. The van der Waals surface area contributed by atoms with Crippen molar-refractivity contribution in [1.82, 2.24) is 15.1 Å². The standard InChI is InChI=1S/C19H21FN4O2/c1-10-7-12(5-6-14(10)20)18(26)24-8-13(17(21)25)16-15(11(2)22-23-16)19(3,4)9-24/h5-8H,9H2,1-4H3,(H2,21,25)(H,22,23). The number of aromatic nitrogens is 2. The van der Waals surface area contributed by atoms with Gasteiger partial charge in [0.1, 0.15) is 5.82 Å². The van der Waals surface area contributed by atoms with Gasteiger partial charge in [0.2, 0.25) is 0 Å². The van der Waals surface area contributed by atoms with Crippen molar-refractivity contribution in [2.45, 2.75) is 33.1 Å². The van der Waals surface area contributed by atoms with E-state index in [-0.39, 0.29) is 17.3 Å². The van der Waals surface area contributed by atoms with Gasteiger partial charge >= 0.3 is 0 Å². The van der Waals surface area contributed by atoms with E-state index in [1.165, 1.54) is 29.3 Å². The Balaban J connectivity index is 2.11. The predicted octanol–water partition coefficient (Wildman–Crippen LogP) is 2.43. The third-order valence-corrected chi connectivity index (χ3v) is 4.68. The first kappa shape index (κ1) is 17.8. The van der Waals surface area contributed by atoms with Crippen LogP contribution in [0.2, 0.25) is 0 Å². The molecule has 0 radical (unpaired) electrons. The van der Waals surface area contributed by atoms with E-state index in [0.29, 0.717) is 23.4 Å². The molecule has 0 spiro atoms. The SMILES string of the molecule is Cc1cc(C(=O)N2C=C(C(N)=O)c3[nH]nc(C)c3C(C)(C)C2)ccc1F. The first-order chi connectivity index (χ1) is 12.1. The van der Waals surface area contributed by atoms with Crippen molar-refractivity contribution in [2.75, 3.05) is 6.54 Å². The molecule has 3 N–H and O–H groups in total. The zero-order valence-corrected chi connectivity index (χ0v) is 15.2. The van der Waals surface area contributed by atoms with E-state index in [2.05, 4.69) is 10.2 Å². The number of fused-ring (bicyclic) bond motifs is 1. The Labute approximate surface area is 150 Å². The molecule has 0 unspecified atom stereocenters. The summed E-state index contributed by atoms with van der Waals surface area (Å²) in [5, 5.41) is 7.06. The summed E-state index contributed by atoms with van der Waals surface area (Å²) in [6, 6.07) is 4.20. The molecular formula is C19H21FN4O2. The first-order valence-electron chi connectivity index (χ1n) is 8.26. The number of hydrogen-bond acceptors (Lipinski definition) is 3. The van der Waals surface area contributed by atoms with Crippen LogP contribution in [0.3, 0.4) is 0 Å². The molecule has 6 nitrogen and oxygen atoms in total. The van der Waals surface area contributed by atoms with E-state index < -0.39 is 11.3 Å². The fourth-order valence-electron chi connectivity index (χ4n) is 3.49. The Bertz CT molecular complexity index is 943. The van der Waals surface area contributed by atoms with Crippen LogP contribution in [-0.2, 0) is 10.2 Å². The number of aryl methyl sites for hydroxylation is 2. The van der Waals surface area contributed by atoms with Gasteiger partial charge in [-0.3, -0.25) is 14.7 Å². The minimum Gasteiger partial charge on any atom is -0.365 e. The van der Waals surface area contributed by atoms with E-state index >= 15 is 0 Å². The molecule has 26 heavy (non-hydrogen) atoms. The molecule has 0 fully saturated rings. The summed E-state index contributed by atoms with van der Waals surface area (Å²) in [7, 11) is 0. The summed E-state index contributed by atoms with van der Waals surface area (Å²) in [5.41, 5.74) is 8.15. The molecule has 2 heterocycles. The van der Waals surface area contributed by atoms with Gasteiger partial charge in [-0.25, -0.2) is 4.39 Å². The number of carbonyl (C=O) groups is 2. The fourth-order valence-corrected chi connectivity index (χ4v) is 3.49. The molecule has 0 aliphatic carbocycles. The molecular weight excluding hydrogens is 335 g/mol. The maximum atomic E-state index is 13.5. The van der Waals surface area contributed by atoms with Gasteiger partial charge in [-0.05, 0) is 37.6 Å². The lowest BCUT2D eigenvalue weighted by Crippen LogP contribution is -2.37. The quantitative estimate of drug-likeness (QED) is 0.865. The molecule has 0 saturated heterocycles. The topological polar surface area (TPSA) is 92.1 Å². The van der Waals surface area contributed by atoms with Gasteiger partial charge in [0.15, 0.2) is 0 Å². The lowest BCUT2D eigenvalue weighted by Gasteiger charge is -2.29. The van der Waals surface area contributed by atoms with E-state index in [9.17, 15) is 14.0 Å². The van der Waals surface area contributed by atoms with Gasteiger partial charge in [-0.2, -0.15) is 5.10 Å². The van der Waals surface area contributed by atoms with Gasteiger partial charge < -0.3 is 10.6 Å². The number of nitrogens with one attached hydrogen (secondary N) is 1. The molecule has 2 aromatic rings. The van der Waals surface area contributed by atoms with Crippen molar-refractivity contribution in [3.63, 3.8) is 0 Å². The number of halogens is 1. The highest BCUT2D eigenvalue weighted by Gasteiger charge is 2.36. The van der Waals surface area contributed by atoms with Crippen LogP contribution in [0, 0.1) is 19.7 Å². The maximum Gasteiger partial charge on any atom is 0.257 e. The third kappa shape index (κ3) is 2.89. The second kappa shape index (κ2) is 6.09. The fraction of sp³-hybridized carbons (Fsp3) is 0.316. The molecule has 0 saturated carbocycles. The van der Waals surface area contributed by atoms with Crippen molar-refractivity contribution >= 4 is 17.4 Å². The molecule has 0 bridgehead atoms. The summed E-state index contributed by atoms with van der Waals surface area (Å²) in [6.45, 7) is 7.72. The van der Waals surface area contributed by atoms with Crippen LogP contribution in [0.25, 0.3) is 5.57 Å². The second-order valence-corrected chi connectivity index (χ2v) is 7.25. The highest BCUT2D eigenvalue weighted by molar-refractivity contribution is 6.19. The number of aromatic amines is 1. The number of rotatable bonds is 2. The smallest absolute Gasteiger partial charge is 0.257 e. The van der Waals surface area contributed by atoms with Crippen molar-refractivity contribution in [2.24, 2.45) is 5.73 Å². The lowest BCUT2D eigenvalue weighted by atomic mass is 9.82. The molecule has 1 aromatic carbocycles. The largest absolute Gasteiger partial charge is 0.365 e.